The Morgan fingerprint density at radius 2 is 2.00 bits per heavy atom. The number of hydrogen-bond acceptors (Lipinski definition) is 2. The first kappa shape index (κ1) is 9.76. The third-order valence-electron chi connectivity index (χ3n) is 1.45. The van der Waals surface area contributed by atoms with E-state index in [1.165, 1.54) is 5.56 Å². The number of pyridine rings is 1. The number of hydrogen-bond donors (Lipinski definition) is 1. The van der Waals surface area contributed by atoms with Crippen molar-refractivity contribution in [1.82, 2.24) is 4.98 Å². The summed E-state index contributed by atoms with van der Waals surface area (Å²) in [6, 6.07) is 3.91. The second-order valence-electron chi connectivity index (χ2n) is 3.56. The average molecular weight is 174 g/mol. The molecule has 0 spiro atoms. The van der Waals surface area contributed by atoms with Crippen LogP contribution in [0, 0.1) is 11.8 Å². The van der Waals surface area contributed by atoms with Crippen molar-refractivity contribution < 1.29 is 0 Å². The lowest BCUT2D eigenvalue weighted by Crippen LogP contribution is -2.29. The van der Waals surface area contributed by atoms with Crippen LogP contribution in [0.3, 0.4) is 0 Å². The van der Waals surface area contributed by atoms with E-state index in [0.717, 1.165) is 6.42 Å². The summed E-state index contributed by atoms with van der Waals surface area (Å²) >= 11 is 0. The van der Waals surface area contributed by atoms with Crippen molar-refractivity contribution in [1.29, 1.82) is 0 Å². The summed E-state index contributed by atoms with van der Waals surface area (Å²) in [7, 11) is 0. The van der Waals surface area contributed by atoms with Gasteiger partial charge in [-0.2, -0.15) is 0 Å². The first-order valence-corrected chi connectivity index (χ1v) is 4.26. The summed E-state index contributed by atoms with van der Waals surface area (Å²) in [5.41, 5.74) is 6.49. The van der Waals surface area contributed by atoms with Gasteiger partial charge in [0.15, 0.2) is 0 Å². The fourth-order valence-electron chi connectivity index (χ4n) is 0.875. The Morgan fingerprint density at radius 3 is 2.54 bits per heavy atom. The predicted molar refractivity (Wildman–Crippen MR) is 54.0 cm³/mol. The molecule has 1 heterocycles. The van der Waals surface area contributed by atoms with Gasteiger partial charge in [-0.05, 0) is 31.5 Å². The van der Waals surface area contributed by atoms with Gasteiger partial charge in [-0.3, -0.25) is 4.98 Å². The van der Waals surface area contributed by atoms with Crippen LogP contribution < -0.4 is 5.73 Å². The molecule has 1 aromatic heterocycles. The lowest BCUT2D eigenvalue weighted by molar-refractivity contribution is 0.680. The summed E-state index contributed by atoms with van der Waals surface area (Å²) in [5, 5.41) is 0. The fraction of sp³-hybridized carbons (Fsp3) is 0.364. The van der Waals surface area contributed by atoms with Crippen molar-refractivity contribution in [3.63, 3.8) is 0 Å². The maximum absolute atomic E-state index is 5.71. The van der Waals surface area contributed by atoms with Gasteiger partial charge >= 0.3 is 0 Å². The van der Waals surface area contributed by atoms with Crippen LogP contribution in [0.15, 0.2) is 24.5 Å². The molecule has 1 rings (SSSR count). The highest BCUT2D eigenvalue weighted by Crippen LogP contribution is 1.97. The van der Waals surface area contributed by atoms with Gasteiger partial charge in [0, 0.05) is 18.8 Å². The standard InChI is InChI=1S/C11H14N2/c1-11(2,12)7-3-4-10-5-8-13-9-6-10/h5-6,8-9H,4,12H2,1-2H3. The van der Waals surface area contributed by atoms with Crippen LogP contribution in [-0.4, -0.2) is 10.5 Å². The molecule has 0 aliphatic rings. The minimum Gasteiger partial charge on any atom is -0.316 e. The maximum Gasteiger partial charge on any atom is 0.0719 e. The molecule has 0 saturated carbocycles. The first-order chi connectivity index (χ1) is 6.08. The minimum absolute atomic E-state index is 0.396. The fourth-order valence-corrected chi connectivity index (χ4v) is 0.875. The second kappa shape index (κ2) is 4.06. The second-order valence-corrected chi connectivity index (χ2v) is 3.56. The minimum atomic E-state index is -0.396. The zero-order valence-corrected chi connectivity index (χ0v) is 8.04. The average Bonchev–Trinajstić information content (AvgIpc) is 2.04. The van der Waals surface area contributed by atoms with Crippen LogP contribution in [0.1, 0.15) is 19.4 Å². The first-order valence-electron chi connectivity index (χ1n) is 4.26. The van der Waals surface area contributed by atoms with E-state index in [0.29, 0.717) is 0 Å². The summed E-state index contributed by atoms with van der Waals surface area (Å²) in [4.78, 5) is 3.93. The lowest BCUT2D eigenvalue weighted by atomic mass is 10.1. The molecule has 0 unspecified atom stereocenters. The highest BCUT2D eigenvalue weighted by Gasteiger charge is 2.02. The predicted octanol–water partition coefficient (Wildman–Crippen LogP) is 1.36. The molecule has 0 fully saturated rings. The van der Waals surface area contributed by atoms with Crippen LogP contribution in [0.2, 0.25) is 0 Å². The molecule has 0 atom stereocenters. The SMILES string of the molecule is CC(C)(N)C#CCc1ccncc1. The molecule has 0 amide bonds. The van der Waals surface area contributed by atoms with Crippen molar-refractivity contribution >= 4 is 0 Å². The van der Waals surface area contributed by atoms with Crippen LogP contribution >= 0.6 is 0 Å². The lowest BCUT2D eigenvalue weighted by Gasteiger charge is -2.07. The third kappa shape index (κ3) is 4.29. The topological polar surface area (TPSA) is 38.9 Å². The molecule has 1 aromatic rings. The Labute approximate surface area is 79.2 Å². The molecule has 0 radical (unpaired) electrons. The normalized spacial score (nSPS) is 10.4. The van der Waals surface area contributed by atoms with E-state index >= 15 is 0 Å². The smallest absolute Gasteiger partial charge is 0.0719 e. The number of nitrogens with two attached hydrogens (primary N) is 1. The molecular formula is C11H14N2. The number of aromatic nitrogens is 1. The summed E-state index contributed by atoms with van der Waals surface area (Å²) < 4.78 is 0. The van der Waals surface area contributed by atoms with Crippen molar-refractivity contribution in [3.8, 4) is 11.8 Å². The Morgan fingerprint density at radius 1 is 1.38 bits per heavy atom. The number of nitrogens with zero attached hydrogens (tertiary/aromatic N) is 1. The summed E-state index contributed by atoms with van der Waals surface area (Å²) in [6.07, 6.45) is 4.28. The van der Waals surface area contributed by atoms with Gasteiger partial charge in [0.1, 0.15) is 0 Å². The highest BCUT2D eigenvalue weighted by molar-refractivity contribution is 5.21. The zero-order chi connectivity index (χ0) is 9.73. The molecule has 0 aliphatic carbocycles. The third-order valence-corrected chi connectivity index (χ3v) is 1.45. The Kier molecular flexibility index (Phi) is 3.05. The van der Waals surface area contributed by atoms with E-state index in [2.05, 4.69) is 16.8 Å². The molecule has 2 heteroatoms. The van der Waals surface area contributed by atoms with E-state index < -0.39 is 5.54 Å². The van der Waals surface area contributed by atoms with Crippen LogP contribution in [-0.2, 0) is 6.42 Å². The molecule has 0 aromatic carbocycles. The van der Waals surface area contributed by atoms with Gasteiger partial charge in [-0.1, -0.05) is 11.8 Å². The zero-order valence-electron chi connectivity index (χ0n) is 8.04. The van der Waals surface area contributed by atoms with E-state index in [1.54, 1.807) is 12.4 Å². The Balaban J connectivity index is 2.56. The van der Waals surface area contributed by atoms with Gasteiger partial charge in [-0.15, -0.1) is 0 Å². The Bertz CT molecular complexity index is 311. The van der Waals surface area contributed by atoms with Crippen LogP contribution in [0.5, 0.6) is 0 Å². The van der Waals surface area contributed by atoms with Gasteiger partial charge in [0.2, 0.25) is 0 Å². The molecule has 0 bridgehead atoms. The van der Waals surface area contributed by atoms with Gasteiger partial charge in [-0.25, -0.2) is 0 Å². The monoisotopic (exact) mass is 174 g/mol. The molecule has 2 N–H and O–H groups in total. The molecule has 0 saturated heterocycles. The van der Waals surface area contributed by atoms with Crippen molar-refractivity contribution in [2.45, 2.75) is 25.8 Å². The van der Waals surface area contributed by atoms with Crippen LogP contribution in [0.25, 0.3) is 0 Å². The Hall–Kier alpha value is -1.33. The summed E-state index contributed by atoms with van der Waals surface area (Å²) in [6.45, 7) is 3.79. The van der Waals surface area contributed by atoms with E-state index in [4.69, 9.17) is 5.73 Å². The maximum atomic E-state index is 5.71. The van der Waals surface area contributed by atoms with E-state index in [-0.39, 0.29) is 0 Å². The molecule has 0 aliphatic heterocycles. The molecule has 68 valence electrons. The molecule has 2 nitrogen and oxygen atoms in total. The van der Waals surface area contributed by atoms with Crippen molar-refractivity contribution in [2.24, 2.45) is 5.73 Å². The quantitative estimate of drug-likeness (QED) is 0.653. The van der Waals surface area contributed by atoms with E-state index in [1.807, 2.05) is 26.0 Å². The molecular weight excluding hydrogens is 160 g/mol. The summed E-state index contributed by atoms with van der Waals surface area (Å²) in [5.74, 6) is 6.02. The van der Waals surface area contributed by atoms with Gasteiger partial charge in [0.25, 0.3) is 0 Å². The highest BCUT2D eigenvalue weighted by atomic mass is 14.7. The molecule has 13 heavy (non-hydrogen) atoms. The number of rotatable bonds is 1. The van der Waals surface area contributed by atoms with E-state index in [9.17, 15) is 0 Å². The largest absolute Gasteiger partial charge is 0.316 e. The van der Waals surface area contributed by atoms with Crippen molar-refractivity contribution in [2.75, 3.05) is 0 Å². The van der Waals surface area contributed by atoms with Crippen molar-refractivity contribution in [3.05, 3.63) is 30.1 Å². The van der Waals surface area contributed by atoms with Crippen LogP contribution in [0.4, 0.5) is 0 Å². The van der Waals surface area contributed by atoms with Gasteiger partial charge < -0.3 is 5.73 Å². The van der Waals surface area contributed by atoms with Gasteiger partial charge in [0.05, 0.1) is 5.54 Å².